The van der Waals surface area contributed by atoms with Gasteiger partial charge >= 0.3 is 0 Å². The standard InChI is InChI=1S/C23H25N3O6S/c1-16-11-12-19(26(28)29)15-21(16)25(33(3,30)31)17(2)23(27)24-13-14-32-22-10-6-8-18-7-4-5-9-20(18)22/h4-12,15,17H,13-14H2,1-3H3,(H,24,27)/t17-/m1/s1. The lowest BCUT2D eigenvalue weighted by molar-refractivity contribution is -0.384. The van der Waals surface area contributed by atoms with E-state index in [0.717, 1.165) is 27.4 Å². The van der Waals surface area contributed by atoms with Crippen LogP contribution in [-0.4, -0.2) is 44.7 Å². The van der Waals surface area contributed by atoms with Crippen molar-refractivity contribution in [3.63, 3.8) is 0 Å². The van der Waals surface area contributed by atoms with E-state index in [1.165, 1.54) is 19.1 Å². The minimum Gasteiger partial charge on any atom is -0.491 e. The zero-order valence-electron chi connectivity index (χ0n) is 18.5. The van der Waals surface area contributed by atoms with Crippen molar-refractivity contribution in [3.8, 4) is 5.75 Å². The van der Waals surface area contributed by atoms with Crippen LogP contribution in [0.25, 0.3) is 10.8 Å². The number of nitrogens with zero attached hydrogens (tertiary/aromatic N) is 2. The molecule has 174 valence electrons. The molecule has 1 atom stereocenters. The molecular formula is C23H25N3O6S. The number of ether oxygens (including phenoxy) is 1. The van der Waals surface area contributed by atoms with Crippen molar-refractivity contribution in [1.29, 1.82) is 0 Å². The highest BCUT2D eigenvalue weighted by Crippen LogP contribution is 2.29. The number of nitro groups is 1. The van der Waals surface area contributed by atoms with E-state index >= 15 is 0 Å². The van der Waals surface area contributed by atoms with E-state index in [0.29, 0.717) is 11.3 Å². The summed E-state index contributed by atoms with van der Waals surface area (Å²) >= 11 is 0. The van der Waals surface area contributed by atoms with E-state index in [-0.39, 0.29) is 24.5 Å². The topological polar surface area (TPSA) is 119 Å². The maximum absolute atomic E-state index is 12.8. The van der Waals surface area contributed by atoms with Crippen LogP contribution < -0.4 is 14.4 Å². The number of carbonyl (C=O) groups excluding carboxylic acids is 1. The van der Waals surface area contributed by atoms with Crippen molar-refractivity contribution in [1.82, 2.24) is 5.32 Å². The van der Waals surface area contributed by atoms with Crippen LogP contribution in [0, 0.1) is 17.0 Å². The number of anilines is 1. The molecule has 10 heteroatoms. The first kappa shape index (κ1) is 24.0. The lowest BCUT2D eigenvalue weighted by Gasteiger charge is -2.29. The molecule has 0 saturated carbocycles. The molecule has 0 aromatic heterocycles. The van der Waals surface area contributed by atoms with E-state index in [9.17, 15) is 23.3 Å². The molecule has 3 aromatic rings. The summed E-state index contributed by atoms with van der Waals surface area (Å²) in [6.45, 7) is 3.39. The summed E-state index contributed by atoms with van der Waals surface area (Å²) in [6.07, 6.45) is 0.957. The summed E-state index contributed by atoms with van der Waals surface area (Å²) < 4.78 is 31.7. The van der Waals surface area contributed by atoms with Gasteiger partial charge < -0.3 is 10.1 Å². The number of rotatable bonds is 9. The average Bonchev–Trinajstić information content (AvgIpc) is 2.76. The molecule has 0 spiro atoms. The molecule has 0 saturated heterocycles. The van der Waals surface area contributed by atoms with E-state index in [4.69, 9.17) is 4.74 Å². The number of hydrogen-bond acceptors (Lipinski definition) is 6. The van der Waals surface area contributed by atoms with Crippen LogP contribution in [0.1, 0.15) is 12.5 Å². The Balaban J connectivity index is 1.70. The Morgan fingerprint density at radius 3 is 2.55 bits per heavy atom. The maximum Gasteiger partial charge on any atom is 0.271 e. The fourth-order valence-electron chi connectivity index (χ4n) is 3.53. The molecule has 0 aliphatic heterocycles. The van der Waals surface area contributed by atoms with Gasteiger partial charge in [-0.2, -0.15) is 0 Å². The van der Waals surface area contributed by atoms with E-state index in [1.807, 2.05) is 42.5 Å². The smallest absolute Gasteiger partial charge is 0.271 e. The molecule has 9 nitrogen and oxygen atoms in total. The fourth-order valence-corrected chi connectivity index (χ4v) is 4.76. The van der Waals surface area contributed by atoms with Crippen molar-refractivity contribution >= 4 is 38.1 Å². The second-order valence-corrected chi connectivity index (χ2v) is 9.44. The number of aryl methyl sites for hydroxylation is 1. The number of benzene rings is 3. The van der Waals surface area contributed by atoms with Crippen molar-refractivity contribution in [2.45, 2.75) is 19.9 Å². The largest absolute Gasteiger partial charge is 0.491 e. The Hall–Kier alpha value is -3.66. The van der Waals surface area contributed by atoms with Crippen LogP contribution in [0.5, 0.6) is 5.75 Å². The van der Waals surface area contributed by atoms with Gasteiger partial charge in [-0.05, 0) is 30.9 Å². The normalized spacial score (nSPS) is 12.2. The molecule has 0 radical (unpaired) electrons. The van der Waals surface area contributed by atoms with Gasteiger partial charge in [0, 0.05) is 17.5 Å². The lowest BCUT2D eigenvalue weighted by atomic mass is 10.1. The van der Waals surface area contributed by atoms with Gasteiger partial charge in [0.2, 0.25) is 15.9 Å². The third kappa shape index (κ3) is 5.58. The van der Waals surface area contributed by atoms with Gasteiger partial charge in [-0.1, -0.05) is 42.5 Å². The van der Waals surface area contributed by atoms with Gasteiger partial charge in [-0.25, -0.2) is 8.42 Å². The minimum absolute atomic E-state index is 0.0846. The molecule has 1 amide bonds. The zero-order chi connectivity index (χ0) is 24.2. The number of sulfonamides is 1. The predicted molar refractivity (Wildman–Crippen MR) is 127 cm³/mol. The molecule has 0 unspecified atom stereocenters. The number of nitro benzene ring substituents is 1. The molecule has 33 heavy (non-hydrogen) atoms. The highest BCUT2D eigenvalue weighted by atomic mass is 32.2. The molecule has 0 bridgehead atoms. The number of hydrogen-bond donors (Lipinski definition) is 1. The first-order valence-electron chi connectivity index (χ1n) is 10.2. The Bertz CT molecular complexity index is 1290. The van der Waals surface area contributed by atoms with Crippen molar-refractivity contribution < 1.29 is 22.9 Å². The minimum atomic E-state index is -3.91. The summed E-state index contributed by atoms with van der Waals surface area (Å²) in [6, 6.07) is 16.2. The molecule has 3 rings (SSSR count). The highest BCUT2D eigenvalue weighted by Gasteiger charge is 2.31. The summed E-state index contributed by atoms with van der Waals surface area (Å²) in [5, 5.41) is 15.8. The maximum atomic E-state index is 12.8. The van der Waals surface area contributed by atoms with Crippen molar-refractivity contribution in [3.05, 3.63) is 76.3 Å². The van der Waals surface area contributed by atoms with Gasteiger partial charge in [0.25, 0.3) is 5.69 Å². The van der Waals surface area contributed by atoms with Gasteiger partial charge in [-0.3, -0.25) is 19.2 Å². The average molecular weight is 472 g/mol. The number of carbonyl (C=O) groups is 1. The SMILES string of the molecule is Cc1ccc([N+](=O)[O-])cc1N([C@H](C)C(=O)NCCOc1cccc2ccccc12)S(C)(=O)=O. The van der Waals surface area contributed by atoms with Crippen LogP contribution in [0.3, 0.4) is 0 Å². The number of nitrogens with one attached hydrogen (secondary N) is 1. The monoisotopic (exact) mass is 471 g/mol. The van der Waals surface area contributed by atoms with Gasteiger partial charge in [0.1, 0.15) is 18.4 Å². The van der Waals surface area contributed by atoms with E-state index in [1.54, 1.807) is 6.92 Å². The quantitative estimate of drug-likeness (QED) is 0.290. The molecule has 0 heterocycles. The first-order valence-corrected chi connectivity index (χ1v) is 12.1. The third-order valence-corrected chi connectivity index (χ3v) is 6.37. The fraction of sp³-hybridized carbons (Fsp3) is 0.261. The molecule has 0 fully saturated rings. The summed E-state index contributed by atoms with van der Waals surface area (Å²) in [5.41, 5.74) is 0.312. The number of amides is 1. The van der Waals surface area contributed by atoms with Crippen LogP contribution in [-0.2, 0) is 14.8 Å². The van der Waals surface area contributed by atoms with Crippen molar-refractivity contribution in [2.24, 2.45) is 0 Å². The van der Waals surface area contributed by atoms with Crippen LogP contribution >= 0.6 is 0 Å². The Morgan fingerprint density at radius 1 is 1.15 bits per heavy atom. The second-order valence-electron chi connectivity index (χ2n) is 7.58. The lowest BCUT2D eigenvalue weighted by Crippen LogP contribution is -2.48. The molecule has 0 aliphatic carbocycles. The van der Waals surface area contributed by atoms with Gasteiger partial charge in [0.15, 0.2) is 0 Å². The molecule has 0 aliphatic rings. The van der Waals surface area contributed by atoms with Crippen molar-refractivity contribution in [2.75, 3.05) is 23.7 Å². The van der Waals surface area contributed by atoms with E-state index < -0.39 is 26.9 Å². The molecule has 1 N–H and O–H groups in total. The summed E-state index contributed by atoms with van der Waals surface area (Å²) in [5.74, 6) is 0.133. The number of non-ortho nitro benzene ring substituents is 1. The van der Waals surface area contributed by atoms with Crippen LogP contribution in [0.15, 0.2) is 60.7 Å². The molecular weight excluding hydrogens is 446 g/mol. The summed E-state index contributed by atoms with van der Waals surface area (Å²) in [4.78, 5) is 23.3. The number of fused-ring (bicyclic) bond motifs is 1. The van der Waals surface area contributed by atoms with Gasteiger partial charge in [-0.15, -0.1) is 0 Å². The Kier molecular flexibility index (Phi) is 7.17. The highest BCUT2D eigenvalue weighted by molar-refractivity contribution is 7.92. The van der Waals surface area contributed by atoms with Gasteiger partial charge in [0.05, 0.1) is 23.4 Å². The van der Waals surface area contributed by atoms with Crippen LogP contribution in [0.2, 0.25) is 0 Å². The molecule has 3 aromatic carbocycles. The Morgan fingerprint density at radius 2 is 1.85 bits per heavy atom. The third-order valence-electron chi connectivity index (χ3n) is 5.14. The zero-order valence-corrected chi connectivity index (χ0v) is 19.3. The van der Waals surface area contributed by atoms with E-state index in [2.05, 4.69) is 5.32 Å². The summed E-state index contributed by atoms with van der Waals surface area (Å²) in [7, 11) is -3.91. The predicted octanol–water partition coefficient (Wildman–Crippen LogP) is 3.41. The first-order chi connectivity index (χ1) is 15.6. The van der Waals surface area contributed by atoms with Crippen LogP contribution in [0.4, 0.5) is 11.4 Å². The second kappa shape index (κ2) is 9.86. The Labute approximate surface area is 192 Å².